The lowest BCUT2D eigenvalue weighted by molar-refractivity contribution is -0.385. The minimum absolute atomic E-state index is 0.0190. The van der Waals surface area contributed by atoms with Gasteiger partial charge in [0.05, 0.1) is 47.5 Å². The summed E-state index contributed by atoms with van der Waals surface area (Å²) in [6.45, 7) is 0. The summed E-state index contributed by atoms with van der Waals surface area (Å²) in [5.74, 6) is -5.27. The number of carbonyl (C=O) groups is 3. The minimum atomic E-state index is -1.50. The molecule has 1 aliphatic rings. The number of carbonyl (C=O) groups excluding carboxylic acids is 3. The number of rotatable bonds is 6. The van der Waals surface area contributed by atoms with Crippen molar-refractivity contribution >= 4 is 35.3 Å². The summed E-state index contributed by atoms with van der Waals surface area (Å²) in [5, 5.41) is 23.6. The Morgan fingerprint density at radius 1 is 1.32 bits per heavy atom. The molecule has 1 heterocycles. The molecule has 0 radical (unpaired) electrons. The average Bonchev–Trinajstić information content (AvgIpc) is 2.70. The molecule has 2 unspecified atom stereocenters. The van der Waals surface area contributed by atoms with Gasteiger partial charge in [0.1, 0.15) is 5.92 Å². The van der Waals surface area contributed by atoms with Gasteiger partial charge in [0.2, 0.25) is 5.91 Å². The number of hydrogen-bond donors (Lipinski definition) is 1. The number of ether oxygens (including phenoxy) is 2. The van der Waals surface area contributed by atoms with Crippen LogP contribution in [0.2, 0.25) is 0 Å². The van der Waals surface area contributed by atoms with Gasteiger partial charge in [0.15, 0.2) is 0 Å². The standard InChI is InChI=1S/C17H15N3O7S/c1-26-12(21)8-28-16-10(7-18)13(14(15(22)19-16)17(23)27-2)9-5-3-4-6-11(9)20(24)25/h3-6,13-14H,8H2,1-2H3,(H,19,22). The second kappa shape index (κ2) is 9.01. The van der Waals surface area contributed by atoms with E-state index in [2.05, 4.69) is 14.8 Å². The van der Waals surface area contributed by atoms with Crippen molar-refractivity contribution in [3.8, 4) is 6.07 Å². The van der Waals surface area contributed by atoms with Crippen LogP contribution in [-0.4, -0.2) is 42.7 Å². The van der Waals surface area contributed by atoms with Gasteiger partial charge in [-0.25, -0.2) is 0 Å². The first kappa shape index (κ1) is 20.9. The van der Waals surface area contributed by atoms with E-state index in [4.69, 9.17) is 0 Å². The lowest BCUT2D eigenvalue weighted by Gasteiger charge is -2.30. The fraction of sp³-hybridized carbons (Fsp3) is 0.294. The number of nitro benzene ring substituents is 1. The van der Waals surface area contributed by atoms with Crippen LogP contribution in [0.25, 0.3) is 0 Å². The molecular formula is C17H15N3O7S. The fourth-order valence-electron chi connectivity index (χ4n) is 2.76. The van der Waals surface area contributed by atoms with Gasteiger partial charge in [-0.2, -0.15) is 5.26 Å². The van der Waals surface area contributed by atoms with Gasteiger partial charge in [-0.15, -0.1) is 0 Å². The molecule has 0 aliphatic carbocycles. The Morgan fingerprint density at radius 3 is 2.57 bits per heavy atom. The normalized spacial score (nSPS) is 18.7. The number of benzene rings is 1. The van der Waals surface area contributed by atoms with E-state index in [9.17, 15) is 29.8 Å². The largest absolute Gasteiger partial charge is 0.468 e. The summed E-state index contributed by atoms with van der Waals surface area (Å²) < 4.78 is 9.21. The molecule has 146 valence electrons. The molecule has 0 saturated heterocycles. The molecule has 1 aromatic carbocycles. The summed E-state index contributed by atoms with van der Waals surface area (Å²) in [6.07, 6.45) is 0. The van der Waals surface area contributed by atoms with E-state index >= 15 is 0 Å². The maximum absolute atomic E-state index is 12.6. The van der Waals surface area contributed by atoms with Crippen molar-refractivity contribution in [3.05, 3.63) is 50.5 Å². The average molecular weight is 405 g/mol. The van der Waals surface area contributed by atoms with Crippen molar-refractivity contribution in [2.24, 2.45) is 5.92 Å². The third kappa shape index (κ3) is 4.12. The van der Waals surface area contributed by atoms with Crippen LogP contribution < -0.4 is 5.32 Å². The zero-order chi connectivity index (χ0) is 20.8. The first-order valence-corrected chi connectivity index (χ1v) is 8.80. The Bertz CT molecular complexity index is 906. The van der Waals surface area contributed by atoms with Crippen LogP contribution in [0.5, 0.6) is 0 Å². The highest BCUT2D eigenvalue weighted by Crippen LogP contribution is 2.43. The Labute approximate surface area is 163 Å². The van der Waals surface area contributed by atoms with Crippen LogP contribution >= 0.6 is 11.8 Å². The predicted octanol–water partition coefficient (Wildman–Crippen LogP) is 1.24. The van der Waals surface area contributed by atoms with E-state index < -0.39 is 34.6 Å². The van der Waals surface area contributed by atoms with Crippen molar-refractivity contribution in [2.75, 3.05) is 20.0 Å². The topological polar surface area (TPSA) is 149 Å². The van der Waals surface area contributed by atoms with Gasteiger partial charge in [0.25, 0.3) is 5.69 Å². The van der Waals surface area contributed by atoms with Gasteiger partial charge in [-0.05, 0) is 0 Å². The molecule has 10 nitrogen and oxygen atoms in total. The van der Waals surface area contributed by atoms with Crippen LogP contribution in [0.1, 0.15) is 11.5 Å². The SMILES string of the molecule is COC(=O)CSC1=C(C#N)C(c2ccccc2[N+](=O)[O-])C(C(=O)OC)C(=O)N1. The fourth-order valence-corrected chi connectivity index (χ4v) is 3.64. The number of esters is 2. The molecule has 11 heteroatoms. The zero-order valence-electron chi connectivity index (χ0n) is 14.8. The highest BCUT2D eigenvalue weighted by Gasteiger charge is 2.46. The molecular weight excluding hydrogens is 390 g/mol. The number of nitrogens with one attached hydrogen (secondary N) is 1. The van der Waals surface area contributed by atoms with Gasteiger partial charge in [-0.1, -0.05) is 30.0 Å². The molecule has 0 aromatic heterocycles. The number of methoxy groups -OCH3 is 2. The monoisotopic (exact) mass is 405 g/mol. The van der Waals surface area contributed by atoms with Crippen LogP contribution in [0.3, 0.4) is 0 Å². The summed E-state index contributed by atoms with van der Waals surface area (Å²) in [4.78, 5) is 47.1. The van der Waals surface area contributed by atoms with Gasteiger partial charge >= 0.3 is 11.9 Å². The van der Waals surface area contributed by atoms with Crippen LogP contribution in [0.4, 0.5) is 5.69 Å². The van der Waals surface area contributed by atoms with Gasteiger partial charge < -0.3 is 14.8 Å². The summed E-state index contributed by atoms with van der Waals surface area (Å²) in [7, 11) is 2.26. The molecule has 0 saturated carbocycles. The van der Waals surface area contributed by atoms with Crippen molar-refractivity contribution in [1.29, 1.82) is 5.26 Å². The van der Waals surface area contributed by atoms with Crippen LogP contribution in [0.15, 0.2) is 34.9 Å². The predicted molar refractivity (Wildman–Crippen MR) is 96.6 cm³/mol. The molecule has 0 fully saturated rings. The number of nitrogens with zero attached hydrogens (tertiary/aromatic N) is 2. The number of allylic oxidation sites excluding steroid dienone is 1. The Hall–Kier alpha value is -3.39. The first-order chi connectivity index (χ1) is 13.3. The molecule has 0 spiro atoms. The molecule has 0 bridgehead atoms. The number of nitriles is 1. The van der Waals surface area contributed by atoms with Crippen molar-refractivity contribution in [2.45, 2.75) is 5.92 Å². The summed E-state index contributed by atoms with van der Waals surface area (Å²) in [6, 6.07) is 7.42. The second-order valence-electron chi connectivity index (χ2n) is 5.50. The maximum Gasteiger partial charge on any atom is 0.319 e. The van der Waals surface area contributed by atoms with E-state index in [1.165, 1.54) is 31.4 Å². The van der Waals surface area contributed by atoms with E-state index in [-0.39, 0.29) is 27.6 Å². The quantitative estimate of drug-likeness (QED) is 0.319. The lowest BCUT2D eigenvalue weighted by Crippen LogP contribution is -2.44. The van der Waals surface area contributed by atoms with E-state index in [1.807, 2.05) is 6.07 Å². The number of thioether (sulfide) groups is 1. The van der Waals surface area contributed by atoms with Crippen molar-refractivity contribution in [1.82, 2.24) is 5.32 Å². The van der Waals surface area contributed by atoms with E-state index in [0.717, 1.165) is 18.9 Å². The Balaban J connectivity index is 2.67. The van der Waals surface area contributed by atoms with Crippen molar-refractivity contribution in [3.63, 3.8) is 0 Å². The van der Waals surface area contributed by atoms with Gasteiger partial charge in [0, 0.05) is 11.6 Å². The highest BCUT2D eigenvalue weighted by molar-refractivity contribution is 8.03. The second-order valence-corrected chi connectivity index (χ2v) is 6.49. The van der Waals surface area contributed by atoms with Crippen molar-refractivity contribution < 1.29 is 28.8 Å². The molecule has 1 aromatic rings. The Morgan fingerprint density at radius 2 is 2.00 bits per heavy atom. The van der Waals surface area contributed by atoms with Crippen LogP contribution in [0, 0.1) is 27.4 Å². The summed E-state index contributed by atoms with van der Waals surface area (Å²) >= 11 is 0.829. The Kier molecular flexibility index (Phi) is 6.73. The number of para-hydroxylation sites is 1. The molecule has 1 aliphatic heterocycles. The number of amides is 1. The lowest BCUT2D eigenvalue weighted by atomic mass is 9.78. The smallest absolute Gasteiger partial charge is 0.319 e. The van der Waals surface area contributed by atoms with Crippen LogP contribution in [-0.2, 0) is 23.9 Å². The zero-order valence-corrected chi connectivity index (χ0v) is 15.6. The van der Waals surface area contributed by atoms with E-state index in [0.29, 0.717) is 0 Å². The summed E-state index contributed by atoms with van der Waals surface area (Å²) in [5.41, 5.74) is -0.412. The first-order valence-electron chi connectivity index (χ1n) is 7.81. The molecule has 1 N–H and O–H groups in total. The van der Waals surface area contributed by atoms with Gasteiger partial charge in [-0.3, -0.25) is 24.5 Å². The minimum Gasteiger partial charge on any atom is -0.468 e. The highest BCUT2D eigenvalue weighted by atomic mass is 32.2. The van der Waals surface area contributed by atoms with E-state index in [1.54, 1.807) is 0 Å². The maximum atomic E-state index is 12.6. The number of hydrogen-bond acceptors (Lipinski definition) is 9. The molecule has 2 atom stereocenters. The third-order valence-corrected chi connectivity index (χ3v) is 5.00. The molecule has 2 rings (SSSR count). The molecule has 28 heavy (non-hydrogen) atoms. The third-order valence-electron chi connectivity index (χ3n) is 4.01. The number of nitro groups is 1. The molecule has 1 amide bonds.